The molecule has 2 rings (SSSR count). The number of amides is 1. The van der Waals surface area contributed by atoms with Gasteiger partial charge in [0, 0.05) is 29.2 Å². The number of thioether (sulfide) groups is 1. The van der Waals surface area contributed by atoms with E-state index in [-0.39, 0.29) is 22.3 Å². The van der Waals surface area contributed by atoms with Crippen LogP contribution in [0.25, 0.3) is 0 Å². The Kier molecular flexibility index (Phi) is 7.32. The van der Waals surface area contributed by atoms with Crippen molar-refractivity contribution in [2.75, 3.05) is 32.3 Å². The van der Waals surface area contributed by atoms with Gasteiger partial charge in [-0.2, -0.15) is 0 Å². The number of rotatable bonds is 7. The number of halogens is 1. The second-order valence-corrected chi connectivity index (χ2v) is 9.95. The van der Waals surface area contributed by atoms with Gasteiger partial charge in [-0.1, -0.05) is 15.9 Å². The van der Waals surface area contributed by atoms with Gasteiger partial charge in [0.1, 0.15) is 10.6 Å². The molecular weight excluding hydrogens is 452 g/mol. The van der Waals surface area contributed by atoms with E-state index in [2.05, 4.69) is 21.2 Å². The van der Waals surface area contributed by atoms with E-state index in [9.17, 15) is 13.2 Å². The number of sulfonamides is 1. The smallest absolute Gasteiger partial charge is 0.246 e. The molecule has 0 unspecified atom stereocenters. The highest BCUT2D eigenvalue weighted by atomic mass is 79.9. The number of hydrogen-bond acceptors (Lipinski definition) is 5. The van der Waals surface area contributed by atoms with Crippen LogP contribution >= 0.6 is 27.7 Å². The predicted molar refractivity (Wildman–Crippen MR) is 112 cm³/mol. The first-order valence-corrected chi connectivity index (χ1v) is 11.2. The molecule has 27 heavy (non-hydrogen) atoms. The van der Waals surface area contributed by atoms with E-state index in [1.54, 1.807) is 6.07 Å². The highest BCUT2D eigenvalue weighted by Gasteiger charge is 2.23. The largest absolute Gasteiger partial charge is 0.495 e. The van der Waals surface area contributed by atoms with Crippen molar-refractivity contribution in [3.05, 3.63) is 46.4 Å². The maximum absolute atomic E-state index is 12.5. The average molecular weight is 473 g/mol. The van der Waals surface area contributed by atoms with E-state index in [0.29, 0.717) is 5.69 Å². The Morgan fingerprint density at radius 1 is 1.22 bits per heavy atom. The summed E-state index contributed by atoms with van der Waals surface area (Å²) in [5.74, 6) is 0.215. The summed E-state index contributed by atoms with van der Waals surface area (Å²) < 4.78 is 32.1. The third-order valence-corrected chi connectivity index (χ3v) is 7.21. The molecule has 0 spiro atoms. The van der Waals surface area contributed by atoms with Gasteiger partial charge >= 0.3 is 0 Å². The molecular formula is C18H21BrN2O4S2. The van der Waals surface area contributed by atoms with Gasteiger partial charge in [-0.25, -0.2) is 12.7 Å². The first kappa shape index (κ1) is 21.7. The fraction of sp³-hybridized carbons (Fsp3) is 0.278. The Morgan fingerprint density at radius 2 is 1.93 bits per heavy atom. The first-order valence-electron chi connectivity index (χ1n) is 7.94. The van der Waals surface area contributed by atoms with Gasteiger partial charge in [0.15, 0.2) is 0 Å². The van der Waals surface area contributed by atoms with Crippen molar-refractivity contribution in [3.8, 4) is 5.75 Å². The van der Waals surface area contributed by atoms with Gasteiger partial charge in [0.2, 0.25) is 15.9 Å². The minimum absolute atomic E-state index is 0.00390. The van der Waals surface area contributed by atoms with Crippen LogP contribution in [0.15, 0.2) is 50.7 Å². The molecule has 146 valence electrons. The molecule has 0 radical (unpaired) electrons. The summed E-state index contributed by atoms with van der Waals surface area (Å²) in [7, 11) is 0.590. The van der Waals surface area contributed by atoms with Gasteiger partial charge in [-0.15, -0.1) is 11.8 Å². The van der Waals surface area contributed by atoms with Crippen LogP contribution in [0.1, 0.15) is 5.56 Å². The van der Waals surface area contributed by atoms with E-state index in [1.165, 1.54) is 45.1 Å². The van der Waals surface area contributed by atoms with Crippen molar-refractivity contribution in [1.29, 1.82) is 0 Å². The topological polar surface area (TPSA) is 75.7 Å². The molecule has 0 heterocycles. The van der Waals surface area contributed by atoms with Crippen molar-refractivity contribution >= 4 is 49.3 Å². The minimum atomic E-state index is -3.70. The average Bonchev–Trinajstić information content (AvgIpc) is 2.60. The van der Waals surface area contributed by atoms with Gasteiger partial charge in [0.25, 0.3) is 0 Å². The lowest BCUT2D eigenvalue weighted by Gasteiger charge is -2.16. The zero-order valence-corrected chi connectivity index (χ0v) is 18.7. The Morgan fingerprint density at radius 3 is 2.52 bits per heavy atom. The SMILES string of the molecule is COc1ccc(NC(=O)CSc2ccc(Br)cc2C)cc1S(=O)(=O)N(C)C. The van der Waals surface area contributed by atoms with Gasteiger partial charge in [-0.3, -0.25) is 4.79 Å². The molecule has 0 aromatic heterocycles. The van der Waals surface area contributed by atoms with Gasteiger partial charge in [0.05, 0.1) is 12.9 Å². The van der Waals surface area contributed by atoms with Gasteiger partial charge < -0.3 is 10.1 Å². The van der Waals surface area contributed by atoms with E-state index in [4.69, 9.17) is 4.74 Å². The zero-order chi connectivity index (χ0) is 20.2. The maximum atomic E-state index is 12.5. The molecule has 0 saturated carbocycles. The standard InChI is InChI=1S/C18H21BrN2O4S2/c1-12-9-13(19)5-8-16(12)26-11-18(22)20-14-6-7-15(25-4)17(10-14)27(23,24)21(2)3/h5-10H,11H2,1-4H3,(H,20,22). The summed E-state index contributed by atoms with van der Waals surface area (Å²) in [6, 6.07) is 10.4. The van der Waals surface area contributed by atoms with Crippen LogP contribution in [-0.4, -0.2) is 45.6 Å². The number of nitrogens with one attached hydrogen (secondary N) is 1. The lowest BCUT2D eigenvalue weighted by molar-refractivity contribution is -0.113. The molecule has 1 N–H and O–H groups in total. The molecule has 0 atom stereocenters. The third-order valence-electron chi connectivity index (χ3n) is 3.70. The number of aryl methyl sites for hydroxylation is 1. The Hall–Kier alpha value is -1.55. The number of nitrogens with zero attached hydrogens (tertiary/aromatic N) is 1. The fourth-order valence-corrected chi connectivity index (χ4v) is 4.63. The Bertz CT molecular complexity index is 946. The lowest BCUT2D eigenvalue weighted by Crippen LogP contribution is -2.23. The second kappa shape index (κ2) is 9.09. The Labute approximate surface area is 172 Å². The summed E-state index contributed by atoms with van der Waals surface area (Å²) in [4.78, 5) is 13.3. The summed E-state index contributed by atoms with van der Waals surface area (Å²) in [5, 5.41) is 2.74. The number of benzene rings is 2. The predicted octanol–water partition coefficient (Wildman–Crippen LogP) is 3.75. The lowest BCUT2D eigenvalue weighted by atomic mass is 10.2. The molecule has 2 aromatic rings. The van der Waals surface area contributed by atoms with Crippen LogP contribution in [0.5, 0.6) is 5.75 Å². The second-order valence-electron chi connectivity index (χ2n) is 5.90. The molecule has 0 saturated heterocycles. The van der Waals surface area contributed by atoms with Crippen LogP contribution in [0.3, 0.4) is 0 Å². The zero-order valence-electron chi connectivity index (χ0n) is 15.4. The van der Waals surface area contributed by atoms with Crippen molar-refractivity contribution in [3.63, 3.8) is 0 Å². The number of ether oxygens (including phenoxy) is 1. The van der Waals surface area contributed by atoms with Crippen molar-refractivity contribution < 1.29 is 17.9 Å². The van der Waals surface area contributed by atoms with Crippen LogP contribution in [0, 0.1) is 6.92 Å². The summed E-state index contributed by atoms with van der Waals surface area (Å²) >= 11 is 4.84. The summed E-state index contributed by atoms with van der Waals surface area (Å²) in [5.41, 5.74) is 1.47. The molecule has 1 amide bonds. The van der Waals surface area contributed by atoms with Crippen LogP contribution in [0.4, 0.5) is 5.69 Å². The molecule has 0 aliphatic heterocycles. The first-order chi connectivity index (χ1) is 12.6. The van der Waals surface area contributed by atoms with Crippen molar-refractivity contribution in [1.82, 2.24) is 4.31 Å². The Balaban J connectivity index is 2.14. The molecule has 0 fully saturated rings. The number of methoxy groups -OCH3 is 1. The molecule has 2 aromatic carbocycles. The highest BCUT2D eigenvalue weighted by molar-refractivity contribution is 9.10. The van der Waals surface area contributed by atoms with E-state index < -0.39 is 10.0 Å². The molecule has 6 nitrogen and oxygen atoms in total. The normalized spacial score (nSPS) is 11.5. The fourth-order valence-electron chi connectivity index (χ4n) is 2.27. The molecule has 0 bridgehead atoms. The van der Waals surface area contributed by atoms with E-state index in [0.717, 1.165) is 19.2 Å². The van der Waals surface area contributed by atoms with Crippen molar-refractivity contribution in [2.45, 2.75) is 16.7 Å². The van der Waals surface area contributed by atoms with Crippen LogP contribution in [-0.2, 0) is 14.8 Å². The molecule has 0 aliphatic carbocycles. The van der Waals surface area contributed by atoms with E-state index >= 15 is 0 Å². The third kappa shape index (κ3) is 5.47. The van der Waals surface area contributed by atoms with E-state index in [1.807, 2.05) is 25.1 Å². The number of carbonyl (C=O) groups is 1. The molecule has 0 aliphatic rings. The summed E-state index contributed by atoms with van der Waals surface area (Å²) in [6.45, 7) is 1.98. The highest BCUT2D eigenvalue weighted by Crippen LogP contribution is 2.29. The number of anilines is 1. The number of carbonyl (C=O) groups excluding carboxylic acids is 1. The number of hydrogen-bond donors (Lipinski definition) is 1. The van der Waals surface area contributed by atoms with Crippen molar-refractivity contribution in [2.24, 2.45) is 0 Å². The minimum Gasteiger partial charge on any atom is -0.495 e. The summed E-state index contributed by atoms with van der Waals surface area (Å²) in [6.07, 6.45) is 0. The van der Waals surface area contributed by atoms with Crippen LogP contribution < -0.4 is 10.1 Å². The molecule has 9 heteroatoms. The maximum Gasteiger partial charge on any atom is 0.246 e. The quantitative estimate of drug-likeness (QED) is 0.620. The monoisotopic (exact) mass is 472 g/mol. The van der Waals surface area contributed by atoms with Gasteiger partial charge in [-0.05, 0) is 48.9 Å². The van der Waals surface area contributed by atoms with Crippen LogP contribution in [0.2, 0.25) is 0 Å².